The van der Waals surface area contributed by atoms with Gasteiger partial charge < -0.3 is 0 Å². The number of aldehydes is 1. The number of allylic oxidation sites excluding steroid dienone is 1. The van der Waals surface area contributed by atoms with E-state index in [9.17, 15) is 4.79 Å². The SMILES string of the molecule is O=Cc1cc(Cl)ccc1C=CCBr. The molecule has 0 saturated heterocycles. The third-order valence-corrected chi connectivity index (χ3v) is 2.17. The summed E-state index contributed by atoms with van der Waals surface area (Å²) in [6.07, 6.45) is 4.62. The molecule has 0 spiro atoms. The number of carbonyl (C=O) groups is 1. The fourth-order valence-corrected chi connectivity index (χ4v) is 1.34. The molecule has 0 unspecified atom stereocenters. The predicted molar refractivity (Wildman–Crippen MR) is 59.7 cm³/mol. The van der Waals surface area contributed by atoms with Gasteiger partial charge in [-0.1, -0.05) is 45.7 Å². The third-order valence-electron chi connectivity index (χ3n) is 1.56. The summed E-state index contributed by atoms with van der Waals surface area (Å²) in [5, 5.41) is 1.35. The Morgan fingerprint density at radius 3 is 2.77 bits per heavy atom. The quantitative estimate of drug-likeness (QED) is 0.599. The number of carbonyl (C=O) groups excluding carboxylic acids is 1. The van der Waals surface area contributed by atoms with E-state index in [1.54, 1.807) is 12.1 Å². The zero-order valence-electron chi connectivity index (χ0n) is 6.84. The molecular formula is C10H8BrClO. The lowest BCUT2D eigenvalue weighted by molar-refractivity contribution is 0.112. The first-order valence-electron chi connectivity index (χ1n) is 3.75. The highest BCUT2D eigenvalue weighted by Gasteiger charge is 1.98. The van der Waals surface area contributed by atoms with E-state index in [1.165, 1.54) is 0 Å². The first-order valence-corrected chi connectivity index (χ1v) is 5.25. The highest BCUT2D eigenvalue weighted by molar-refractivity contribution is 9.09. The van der Waals surface area contributed by atoms with E-state index in [2.05, 4.69) is 15.9 Å². The van der Waals surface area contributed by atoms with Crippen LogP contribution in [-0.4, -0.2) is 11.6 Å². The molecule has 13 heavy (non-hydrogen) atoms. The minimum atomic E-state index is 0.582. The van der Waals surface area contributed by atoms with Crippen LogP contribution in [0.2, 0.25) is 5.02 Å². The van der Waals surface area contributed by atoms with E-state index in [-0.39, 0.29) is 0 Å². The largest absolute Gasteiger partial charge is 0.298 e. The van der Waals surface area contributed by atoms with Crippen LogP contribution in [0.1, 0.15) is 15.9 Å². The Balaban J connectivity index is 3.06. The Bertz CT molecular complexity index is 334. The molecule has 0 saturated carbocycles. The number of halogens is 2. The van der Waals surface area contributed by atoms with Crippen molar-refractivity contribution in [1.29, 1.82) is 0 Å². The Labute approximate surface area is 90.5 Å². The van der Waals surface area contributed by atoms with Gasteiger partial charge in [0.2, 0.25) is 0 Å². The molecule has 0 amide bonds. The Morgan fingerprint density at radius 2 is 2.15 bits per heavy atom. The number of benzene rings is 1. The summed E-state index contributed by atoms with van der Waals surface area (Å²) in [7, 11) is 0. The second kappa shape index (κ2) is 5.20. The van der Waals surface area contributed by atoms with Gasteiger partial charge >= 0.3 is 0 Å². The van der Waals surface area contributed by atoms with Crippen LogP contribution in [-0.2, 0) is 0 Å². The topological polar surface area (TPSA) is 17.1 Å². The van der Waals surface area contributed by atoms with Crippen molar-refractivity contribution in [3.8, 4) is 0 Å². The van der Waals surface area contributed by atoms with Gasteiger partial charge in [-0.25, -0.2) is 0 Å². The summed E-state index contributed by atoms with van der Waals surface area (Å²) in [6, 6.07) is 5.25. The van der Waals surface area contributed by atoms with Crippen molar-refractivity contribution in [2.75, 3.05) is 5.33 Å². The smallest absolute Gasteiger partial charge is 0.150 e. The molecule has 0 atom stereocenters. The van der Waals surface area contributed by atoms with Crippen molar-refractivity contribution < 1.29 is 4.79 Å². The van der Waals surface area contributed by atoms with E-state index in [0.717, 1.165) is 17.2 Å². The van der Waals surface area contributed by atoms with Gasteiger partial charge in [0, 0.05) is 15.9 Å². The van der Waals surface area contributed by atoms with Gasteiger partial charge in [-0.3, -0.25) is 4.79 Å². The minimum absolute atomic E-state index is 0.582. The second-order valence-corrected chi connectivity index (χ2v) is 3.53. The number of hydrogen-bond donors (Lipinski definition) is 0. The van der Waals surface area contributed by atoms with Crippen LogP contribution in [0.25, 0.3) is 6.08 Å². The van der Waals surface area contributed by atoms with Gasteiger partial charge in [0.15, 0.2) is 6.29 Å². The van der Waals surface area contributed by atoms with E-state index >= 15 is 0 Å². The first kappa shape index (κ1) is 10.5. The Morgan fingerprint density at radius 1 is 1.38 bits per heavy atom. The molecule has 0 radical (unpaired) electrons. The van der Waals surface area contributed by atoms with Crippen LogP contribution in [0.15, 0.2) is 24.3 Å². The number of alkyl halides is 1. The fraction of sp³-hybridized carbons (Fsp3) is 0.100. The van der Waals surface area contributed by atoms with E-state index in [1.807, 2.05) is 18.2 Å². The molecule has 0 aliphatic carbocycles. The van der Waals surface area contributed by atoms with Gasteiger partial charge in [-0.05, 0) is 17.7 Å². The Hall–Kier alpha value is -0.600. The minimum Gasteiger partial charge on any atom is -0.298 e. The molecule has 0 N–H and O–H groups in total. The van der Waals surface area contributed by atoms with E-state index in [0.29, 0.717) is 10.6 Å². The third kappa shape index (κ3) is 2.98. The predicted octanol–water partition coefficient (Wildman–Crippen LogP) is 3.56. The summed E-state index contributed by atoms with van der Waals surface area (Å²) >= 11 is 9.00. The normalized spacial score (nSPS) is 10.6. The highest BCUT2D eigenvalue weighted by atomic mass is 79.9. The maximum Gasteiger partial charge on any atom is 0.150 e. The van der Waals surface area contributed by atoms with E-state index < -0.39 is 0 Å². The molecule has 0 heterocycles. The standard InChI is InChI=1S/C10H8BrClO/c11-5-1-2-8-3-4-10(12)6-9(8)7-13/h1-4,6-7H,5H2. The van der Waals surface area contributed by atoms with Crippen LogP contribution in [0.5, 0.6) is 0 Å². The first-order chi connectivity index (χ1) is 6.27. The molecule has 0 aliphatic heterocycles. The monoisotopic (exact) mass is 258 g/mol. The maximum absolute atomic E-state index is 10.6. The summed E-state index contributed by atoms with van der Waals surface area (Å²) < 4.78 is 0. The summed E-state index contributed by atoms with van der Waals surface area (Å²) in [5.74, 6) is 0. The van der Waals surface area contributed by atoms with Gasteiger partial charge in [0.25, 0.3) is 0 Å². The molecule has 0 aromatic heterocycles. The molecule has 0 aliphatic rings. The van der Waals surface area contributed by atoms with Gasteiger partial charge in [-0.15, -0.1) is 0 Å². The molecule has 3 heteroatoms. The zero-order chi connectivity index (χ0) is 9.68. The van der Waals surface area contributed by atoms with Gasteiger partial charge in [-0.2, -0.15) is 0 Å². The van der Waals surface area contributed by atoms with Crippen molar-refractivity contribution in [3.05, 3.63) is 40.4 Å². The van der Waals surface area contributed by atoms with E-state index in [4.69, 9.17) is 11.6 Å². The fourth-order valence-electron chi connectivity index (χ4n) is 0.971. The van der Waals surface area contributed by atoms with Crippen molar-refractivity contribution in [1.82, 2.24) is 0 Å². The summed E-state index contributed by atoms with van der Waals surface area (Å²) in [4.78, 5) is 10.6. The van der Waals surface area contributed by atoms with Crippen LogP contribution in [0, 0.1) is 0 Å². The number of rotatable bonds is 3. The lowest BCUT2D eigenvalue weighted by Crippen LogP contribution is -1.85. The number of hydrogen-bond acceptors (Lipinski definition) is 1. The lowest BCUT2D eigenvalue weighted by Gasteiger charge is -1.98. The highest BCUT2D eigenvalue weighted by Crippen LogP contribution is 2.15. The molecular weight excluding hydrogens is 251 g/mol. The second-order valence-electron chi connectivity index (χ2n) is 2.45. The molecule has 1 rings (SSSR count). The Kier molecular flexibility index (Phi) is 4.19. The molecule has 68 valence electrons. The average molecular weight is 260 g/mol. The van der Waals surface area contributed by atoms with Gasteiger partial charge in [0.1, 0.15) is 0 Å². The average Bonchev–Trinajstić information content (AvgIpc) is 2.16. The molecule has 1 nitrogen and oxygen atoms in total. The zero-order valence-corrected chi connectivity index (χ0v) is 9.18. The summed E-state index contributed by atoms with van der Waals surface area (Å²) in [5.41, 5.74) is 1.50. The molecule has 1 aromatic carbocycles. The molecule has 0 bridgehead atoms. The summed E-state index contributed by atoms with van der Waals surface area (Å²) in [6.45, 7) is 0. The lowest BCUT2D eigenvalue weighted by atomic mass is 10.1. The van der Waals surface area contributed by atoms with Crippen molar-refractivity contribution in [2.45, 2.75) is 0 Å². The van der Waals surface area contributed by atoms with Crippen LogP contribution >= 0.6 is 27.5 Å². The van der Waals surface area contributed by atoms with Crippen LogP contribution in [0.4, 0.5) is 0 Å². The molecule has 0 fully saturated rings. The molecule has 1 aromatic rings. The maximum atomic E-state index is 10.6. The van der Waals surface area contributed by atoms with Crippen molar-refractivity contribution >= 4 is 39.9 Å². The van der Waals surface area contributed by atoms with Crippen LogP contribution < -0.4 is 0 Å². The van der Waals surface area contributed by atoms with Crippen molar-refractivity contribution in [3.63, 3.8) is 0 Å². The van der Waals surface area contributed by atoms with Gasteiger partial charge in [0.05, 0.1) is 0 Å². The van der Waals surface area contributed by atoms with Crippen molar-refractivity contribution in [2.24, 2.45) is 0 Å². The van der Waals surface area contributed by atoms with Crippen LogP contribution in [0.3, 0.4) is 0 Å².